The van der Waals surface area contributed by atoms with Gasteiger partial charge >= 0.3 is 0 Å². The Morgan fingerprint density at radius 3 is 2.24 bits per heavy atom. The molecule has 0 heterocycles. The maximum atomic E-state index is 10.0. The quantitative estimate of drug-likeness (QED) is 0.898. The summed E-state index contributed by atoms with van der Waals surface area (Å²) in [6.07, 6.45) is 1.27. The maximum absolute atomic E-state index is 10.0. The van der Waals surface area contributed by atoms with Crippen LogP contribution >= 0.6 is 15.9 Å². The second-order valence-electron chi connectivity index (χ2n) is 4.09. The minimum Gasteiger partial charge on any atom is -0.388 e. The summed E-state index contributed by atoms with van der Waals surface area (Å²) in [6, 6.07) is 18.0. The molecule has 2 heteroatoms. The molecule has 2 aromatic carbocycles. The van der Waals surface area contributed by atoms with E-state index in [0.717, 1.165) is 22.9 Å². The Morgan fingerprint density at radius 2 is 1.59 bits per heavy atom. The van der Waals surface area contributed by atoms with Gasteiger partial charge in [-0.15, -0.1) is 0 Å². The van der Waals surface area contributed by atoms with Crippen molar-refractivity contribution in [2.24, 2.45) is 0 Å². The lowest BCUT2D eigenvalue weighted by Crippen LogP contribution is -1.99. The van der Waals surface area contributed by atoms with Gasteiger partial charge in [0.15, 0.2) is 0 Å². The van der Waals surface area contributed by atoms with Gasteiger partial charge in [0.2, 0.25) is 0 Å². The fraction of sp³-hybridized carbons (Fsp3) is 0.200. The van der Waals surface area contributed by atoms with Crippen LogP contribution in [0.15, 0.2) is 59.1 Å². The van der Waals surface area contributed by atoms with E-state index in [1.165, 1.54) is 5.56 Å². The van der Waals surface area contributed by atoms with Gasteiger partial charge in [-0.05, 0) is 36.1 Å². The molecule has 0 fully saturated rings. The van der Waals surface area contributed by atoms with E-state index in [0.29, 0.717) is 0 Å². The highest BCUT2D eigenvalue weighted by atomic mass is 79.9. The summed E-state index contributed by atoms with van der Waals surface area (Å²) >= 11 is 3.41. The van der Waals surface area contributed by atoms with Gasteiger partial charge in [-0.2, -0.15) is 0 Å². The van der Waals surface area contributed by atoms with E-state index in [1.54, 1.807) is 0 Å². The van der Waals surface area contributed by atoms with Gasteiger partial charge < -0.3 is 5.11 Å². The van der Waals surface area contributed by atoms with Gasteiger partial charge in [-0.3, -0.25) is 0 Å². The third-order valence-electron chi connectivity index (χ3n) is 2.80. The lowest BCUT2D eigenvalue weighted by Gasteiger charge is -2.10. The number of benzene rings is 2. The Labute approximate surface area is 110 Å². The van der Waals surface area contributed by atoms with Crippen molar-refractivity contribution < 1.29 is 5.11 Å². The van der Waals surface area contributed by atoms with Crippen LogP contribution in [-0.4, -0.2) is 5.11 Å². The average molecular weight is 291 g/mol. The molecule has 0 spiro atoms. The Balaban J connectivity index is 1.92. The predicted octanol–water partition coefficient (Wildman–Crippen LogP) is 4.12. The lowest BCUT2D eigenvalue weighted by molar-refractivity contribution is 0.168. The van der Waals surface area contributed by atoms with Crippen LogP contribution in [-0.2, 0) is 6.42 Å². The molecule has 0 radical (unpaired) electrons. The molecule has 0 saturated heterocycles. The largest absolute Gasteiger partial charge is 0.388 e. The number of aliphatic hydroxyl groups is 1. The molecule has 0 bridgehead atoms. The molecular weight excluding hydrogens is 276 g/mol. The molecule has 0 amide bonds. The Morgan fingerprint density at radius 1 is 0.941 bits per heavy atom. The predicted molar refractivity (Wildman–Crippen MR) is 73.9 cm³/mol. The van der Waals surface area contributed by atoms with Gasteiger partial charge in [-0.25, -0.2) is 0 Å². The molecule has 2 rings (SSSR count). The summed E-state index contributed by atoms with van der Waals surface area (Å²) in [5.41, 5.74) is 2.24. The van der Waals surface area contributed by atoms with Crippen LogP contribution in [0.5, 0.6) is 0 Å². The summed E-state index contributed by atoms with van der Waals surface area (Å²) in [5, 5.41) is 10.0. The molecular formula is C15H15BrO. The highest BCUT2D eigenvalue weighted by Crippen LogP contribution is 2.19. The Hall–Kier alpha value is -1.12. The highest BCUT2D eigenvalue weighted by molar-refractivity contribution is 9.10. The van der Waals surface area contributed by atoms with Crippen molar-refractivity contribution in [2.45, 2.75) is 18.9 Å². The molecule has 0 saturated carbocycles. The zero-order valence-electron chi connectivity index (χ0n) is 9.51. The molecule has 2 aromatic rings. The third-order valence-corrected chi connectivity index (χ3v) is 3.33. The second-order valence-corrected chi connectivity index (χ2v) is 5.01. The number of aliphatic hydroxyl groups excluding tert-OH is 1. The normalized spacial score (nSPS) is 12.4. The van der Waals surface area contributed by atoms with Crippen LogP contribution in [0.1, 0.15) is 23.7 Å². The van der Waals surface area contributed by atoms with Crippen molar-refractivity contribution in [3.63, 3.8) is 0 Å². The first-order chi connectivity index (χ1) is 8.25. The van der Waals surface area contributed by atoms with Crippen LogP contribution in [0, 0.1) is 0 Å². The summed E-state index contributed by atoms with van der Waals surface area (Å²) in [5.74, 6) is 0. The topological polar surface area (TPSA) is 20.2 Å². The molecule has 0 aliphatic heterocycles. The monoisotopic (exact) mass is 290 g/mol. The van der Waals surface area contributed by atoms with Gasteiger partial charge in [0, 0.05) is 4.47 Å². The van der Waals surface area contributed by atoms with E-state index in [9.17, 15) is 5.11 Å². The van der Waals surface area contributed by atoms with Crippen LogP contribution < -0.4 is 0 Å². The standard InChI is InChI=1S/C15H15BrO/c16-14-9-6-12(7-10-14)8-11-15(17)13-4-2-1-3-5-13/h1-7,9-10,15,17H,8,11H2/t15-/m1/s1. The first-order valence-corrected chi connectivity index (χ1v) is 6.52. The summed E-state index contributed by atoms with van der Waals surface area (Å²) < 4.78 is 1.09. The summed E-state index contributed by atoms with van der Waals surface area (Å²) in [6.45, 7) is 0. The zero-order valence-corrected chi connectivity index (χ0v) is 11.1. The van der Waals surface area contributed by atoms with Gasteiger partial charge in [0.05, 0.1) is 6.10 Å². The van der Waals surface area contributed by atoms with E-state index in [4.69, 9.17) is 0 Å². The number of rotatable bonds is 4. The first-order valence-electron chi connectivity index (χ1n) is 5.73. The highest BCUT2D eigenvalue weighted by Gasteiger charge is 2.06. The second kappa shape index (κ2) is 5.99. The number of aryl methyl sites for hydroxylation is 1. The summed E-state index contributed by atoms with van der Waals surface area (Å²) in [7, 11) is 0. The van der Waals surface area contributed by atoms with E-state index < -0.39 is 0 Å². The Bertz CT molecular complexity index is 450. The van der Waals surface area contributed by atoms with Gasteiger partial charge in [0.25, 0.3) is 0 Å². The minimum atomic E-state index is -0.375. The number of halogens is 1. The van der Waals surface area contributed by atoms with Crippen molar-refractivity contribution in [2.75, 3.05) is 0 Å². The van der Waals surface area contributed by atoms with E-state index in [1.807, 2.05) is 42.5 Å². The molecule has 0 unspecified atom stereocenters. The van der Waals surface area contributed by atoms with Crippen LogP contribution in [0.3, 0.4) is 0 Å². The van der Waals surface area contributed by atoms with Gasteiger partial charge in [-0.1, -0.05) is 58.4 Å². The van der Waals surface area contributed by atoms with Crippen molar-refractivity contribution in [3.8, 4) is 0 Å². The van der Waals surface area contributed by atoms with Crippen LogP contribution in [0.25, 0.3) is 0 Å². The fourth-order valence-electron chi connectivity index (χ4n) is 1.80. The third kappa shape index (κ3) is 3.69. The molecule has 1 atom stereocenters. The number of hydrogen-bond acceptors (Lipinski definition) is 1. The first kappa shape index (κ1) is 12.3. The molecule has 88 valence electrons. The average Bonchev–Trinajstić information content (AvgIpc) is 2.39. The van der Waals surface area contributed by atoms with Crippen LogP contribution in [0.2, 0.25) is 0 Å². The molecule has 1 N–H and O–H groups in total. The van der Waals surface area contributed by atoms with Gasteiger partial charge in [0.1, 0.15) is 0 Å². The maximum Gasteiger partial charge on any atom is 0.0793 e. The molecule has 0 aliphatic carbocycles. The molecule has 17 heavy (non-hydrogen) atoms. The molecule has 0 aliphatic rings. The smallest absolute Gasteiger partial charge is 0.0793 e. The summed E-state index contributed by atoms with van der Waals surface area (Å²) in [4.78, 5) is 0. The van der Waals surface area contributed by atoms with E-state index in [-0.39, 0.29) is 6.10 Å². The van der Waals surface area contributed by atoms with Crippen molar-refractivity contribution in [1.82, 2.24) is 0 Å². The Kier molecular flexibility index (Phi) is 4.35. The minimum absolute atomic E-state index is 0.375. The van der Waals surface area contributed by atoms with Crippen molar-refractivity contribution >= 4 is 15.9 Å². The van der Waals surface area contributed by atoms with Crippen LogP contribution in [0.4, 0.5) is 0 Å². The van der Waals surface area contributed by atoms with Crippen molar-refractivity contribution in [1.29, 1.82) is 0 Å². The number of hydrogen-bond donors (Lipinski definition) is 1. The molecule has 0 aromatic heterocycles. The van der Waals surface area contributed by atoms with Crippen molar-refractivity contribution in [3.05, 3.63) is 70.2 Å². The van der Waals surface area contributed by atoms with E-state index in [2.05, 4.69) is 28.1 Å². The molecule has 1 nitrogen and oxygen atoms in total. The zero-order chi connectivity index (χ0) is 12.1. The fourth-order valence-corrected chi connectivity index (χ4v) is 2.06. The van der Waals surface area contributed by atoms with E-state index >= 15 is 0 Å². The lowest BCUT2D eigenvalue weighted by atomic mass is 10.0. The SMILES string of the molecule is O[C@H](CCc1ccc(Br)cc1)c1ccccc1.